The lowest BCUT2D eigenvalue weighted by molar-refractivity contribution is 0.302. The van der Waals surface area contributed by atoms with Crippen molar-refractivity contribution < 1.29 is 4.39 Å². The third-order valence-corrected chi connectivity index (χ3v) is 3.85. The number of hydrogen-bond acceptors (Lipinski definition) is 1. The summed E-state index contributed by atoms with van der Waals surface area (Å²) in [7, 11) is 0. The quantitative estimate of drug-likeness (QED) is 0.752. The van der Waals surface area contributed by atoms with Crippen molar-refractivity contribution in [3.8, 4) is 0 Å². The number of rotatable bonds is 1. The van der Waals surface area contributed by atoms with Gasteiger partial charge in [-0.1, -0.05) is 42.5 Å². The first kappa shape index (κ1) is 12.2. The van der Waals surface area contributed by atoms with Crippen molar-refractivity contribution in [1.82, 2.24) is 0 Å². The van der Waals surface area contributed by atoms with E-state index in [-0.39, 0.29) is 15.6 Å². The molecule has 0 aromatic heterocycles. The minimum Gasteiger partial charge on any atom is -0.321 e. The Hall–Kier alpha value is -0.310. The third-order valence-electron chi connectivity index (χ3n) is 3.30. The van der Waals surface area contributed by atoms with E-state index in [1.165, 1.54) is 6.42 Å². The first-order valence-electron chi connectivity index (χ1n) is 5.47. The maximum Gasteiger partial charge on any atom is 0.160 e. The van der Waals surface area contributed by atoms with Crippen molar-refractivity contribution in [2.45, 2.75) is 37.6 Å². The summed E-state index contributed by atoms with van der Waals surface area (Å²) in [5, 5.41) is 0.107. The minimum absolute atomic E-state index is 0.0536. The zero-order chi connectivity index (χ0) is 11.8. The summed E-state index contributed by atoms with van der Waals surface area (Å²) in [6, 6.07) is 3.21. The van der Waals surface area contributed by atoms with E-state index in [0.717, 1.165) is 31.2 Å². The van der Waals surface area contributed by atoms with Gasteiger partial charge in [-0.15, -0.1) is 0 Å². The highest BCUT2D eigenvalue weighted by molar-refractivity contribution is 6.35. The van der Waals surface area contributed by atoms with Crippen LogP contribution in [0, 0.1) is 5.82 Å². The first-order valence-corrected chi connectivity index (χ1v) is 6.22. The Morgan fingerprint density at radius 2 is 1.56 bits per heavy atom. The fraction of sp³-hybridized carbons (Fsp3) is 0.500. The van der Waals surface area contributed by atoms with Crippen LogP contribution in [0.2, 0.25) is 10.0 Å². The van der Waals surface area contributed by atoms with Gasteiger partial charge < -0.3 is 5.73 Å². The molecule has 0 unspecified atom stereocenters. The molecule has 1 saturated carbocycles. The summed E-state index contributed by atoms with van der Waals surface area (Å²) >= 11 is 11.6. The van der Waals surface area contributed by atoms with E-state index in [9.17, 15) is 4.39 Å². The van der Waals surface area contributed by atoms with E-state index >= 15 is 0 Å². The molecule has 0 heterocycles. The molecule has 0 aliphatic heterocycles. The highest BCUT2D eigenvalue weighted by Crippen LogP contribution is 2.37. The van der Waals surface area contributed by atoms with Crippen LogP contribution in [0.4, 0.5) is 4.39 Å². The highest BCUT2D eigenvalue weighted by atomic mass is 35.5. The molecule has 2 rings (SSSR count). The van der Waals surface area contributed by atoms with Crippen LogP contribution in [0.1, 0.15) is 37.7 Å². The Labute approximate surface area is 105 Å². The Bertz CT molecular complexity index is 377. The third kappa shape index (κ3) is 2.20. The lowest BCUT2D eigenvalue weighted by Crippen LogP contribution is -2.38. The SMILES string of the molecule is NC1(c2cc(Cl)c(F)c(Cl)c2)CCCCC1. The molecule has 16 heavy (non-hydrogen) atoms. The van der Waals surface area contributed by atoms with Gasteiger partial charge in [0.2, 0.25) is 0 Å². The monoisotopic (exact) mass is 261 g/mol. The van der Waals surface area contributed by atoms with Crippen LogP contribution in [0.25, 0.3) is 0 Å². The average Bonchev–Trinajstić information content (AvgIpc) is 2.26. The molecule has 1 fully saturated rings. The zero-order valence-corrected chi connectivity index (χ0v) is 10.4. The van der Waals surface area contributed by atoms with Gasteiger partial charge in [-0.05, 0) is 30.5 Å². The van der Waals surface area contributed by atoms with Crippen LogP contribution in [-0.4, -0.2) is 0 Å². The second-order valence-electron chi connectivity index (χ2n) is 4.47. The summed E-state index contributed by atoms with van der Waals surface area (Å²) in [6.07, 6.45) is 5.23. The van der Waals surface area contributed by atoms with E-state index in [1.54, 1.807) is 12.1 Å². The Balaban J connectivity index is 2.39. The molecule has 0 spiro atoms. The van der Waals surface area contributed by atoms with Crippen molar-refractivity contribution >= 4 is 23.2 Å². The second-order valence-corrected chi connectivity index (χ2v) is 5.29. The summed E-state index contributed by atoms with van der Waals surface area (Å²) in [5.74, 6) is -0.563. The molecule has 1 aromatic rings. The lowest BCUT2D eigenvalue weighted by Gasteiger charge is -2.34. The van der Waals surface area contributed by atoms with Gasteiger partial charge in [0, 0.05) is 5.54 Å². The predicted molar refractivity (Wildman–Crippen MR) is 65.4 cm³/mol. The normalized spacial score (nSPS) is 19.8. The summed E-state index contributed by atoms with van der Waals surface area (Å²) in [6.45, 7) is 0. The molecule has 0 bridgehead atoms. The van der Waals surface area contributed by atoms with Crippen LogP contribution in [0.5, 0.6) is 0 Å². The van der Waals surface area contributed by atoms with Crippen molar-refractivity contribution in [3.63, 3.8) is 0 Å². The lowest BCUT2D eigenvalue weighted by atomic mass is 9.77. The summed E-state index contributed by atoms with van der Waals surface area (Å²) < 4.78 is 13.3. The average molecular weight is 262 g/mol. The summed E-state index contributed by atoms with van der Waals surface area (Å²) in [4.78, 5) is 0. The van der Waals surface area contributed by atoms with Crippen LogP contribution < -0.4 is 5.73 Å². The van der Waals surface area contributed by atoms with Crippen LogP contribution in [0.15, 0.2) is 12.1 Å². The molecule has 1 aliphatic rings. The molecule has 2 N–H and O–H groups in total. The first-order chi connectivity index (χ1) is 7.53. The second kappa shape index (κ2) is 4.52. The molecule has 4 heteroatoms. The molecule has 1 nitrogen and oxygen atoms in total. The van der Waals surface area contributed by atoms with Crippen LogP contribution in [0.3, 0.4) is 0 Å². The maximum absolute atomic E-state index is 13.3. The van der Waals surface area contributed by atoms with Gasteiger partial charge in [0.25, 0.3) is 0 Å². The predicted octanol–water partition coefficient (Wildman–Crippen LogP) is 4.25. The number of halogens is 3. The van der Waals surface area contributed by atoms with E-state index in [1.807, 2.05) is 0 Å². The number of benzene rings is 1. The van der Waals surface area contributed by atoms with E-state index in [0.29, 0.717) is 0 Å². The van der Waals surface area contributed by atoms with Gasteiger partial charge in [-0.3, -0.25) is 0 Å². The van der Waals surface area contributed by atoms with Crippen molar-refractivity contribution in [2.24, 2.45) is 5.73 Å². The van der Waals surface area contributed by atoms with Crippen molar-refractivity contribution in [3.05, 3.63) is 33.6 Å². The smallest absolute Gasteiger partial charge is 0.160 e. The van der Waals surface area contributed by atoms with Crippen molar-refractivity contribution in [2.75, 3.05) is 0 Å². The fourth-order valence-corrected chi connectivity index (χ4v) is 2.80. The van der Waals surface area contributed by atoms with Gasteiger partial charge in [0.15, 0.2) is 5.82 Å². The molecule has 1 aromatic carbocycles. The van der Waals surface area contributed by atoms with E-state index in [2.05, 4.69) is 0 Å². The molecule has 0 atom stereocenters. The fourth-order valence-electron chi connectivity index (χ4n) is 2.31. The molecular formula is C12H14Cl2FN. The molecular weight excluding hydrogens is 248 g/mol. The van der Waals surface area contributed by atoms with Crippen molar-refractivity contribution in [1.29, 1.82) is 0 Å². The van der Waals surface area contributed by atoms with Gasteiger partial charge in [-0.25, -0.2) is 4.39 Å². The molecule has 0 radical (unpaired) electrons. The Kier molecular flexibility index (Phi) is 3.43. The molecule has 88 valence electrons. The van der Waals surface area contributed by atoms with E-state index in [4.69, 9.17) is 28.9 Å². The van der Waals surface area contributed by atoms with Gasteiger partial charge in [0.1, 0.15) is 0 Å². The Morgan fingerprint density at radius 1 is 1.06 bits per heavy atom. The maximum atomic E-state index is 13.3. The van der Waals surface area contributed by atoms with Gasteiger partial charge in [-0.2, -0.15) is 0 Å². The number of hydrogen-bond donors (Lipinski definition) is 1. The summed E-state index contributed by atoms with van der Waals surface area (Å²) in [5.41, 5.74) is 6.79. The minimum atomic E-state index is -0.563. The molecule has 0 saturated heterocycles. The largest absolute Gasteiger partial charge is 0.321 e. The van der Waals surface area contributed by atoms with Gasteiger partial charge >= 0.3 is 0 Å². The Morgan fingerprint density at radius 3 is 2.06 bits per heavy atom. The molecule has 0 amide bonds. The standard InChI is InChI=1S/C12H14Cl2FN/c13-9-6-8(7-10(14)11(9)15)12(16)4-2-1-3-5-12/h6-7H,1-5,16H2. The van der Waals surface area contributed by atoms with Crippen LogP contribution in [-0.2, 0) is 5.54 Å². The highest BCUT2D eigenvalue weighted by Gasteiger charge is 2.30. The van der Waals surface area contributed by atoms with E-state index < -0.39 is 5.82 Å². The molecule has 1 aliphatic carbocycles. The zero-order valence-electron chi connectivity index (χ0n) is 8.90. The van der Waals surface area contributed by atoms with Crippen LogP contribution >= 0.6 is 23.2 Å². The number of nitrogens with two attached hydrogens (primary N) is 1. The van der Waals surface area contributed by atoms with Gasteiger partial charge in [0.05, 0.1) is 10.0 Å². The topological polar surface area (TPSA) is 26.0 Å².